The van der Waals surface area contributed by atoms with Crippen molar-refractivity contribution < 1.29 is 9.53 Å². The first kappa shape index (κ1) is 13.7. The summed E-state index contributed by atoms with van der Waals surface area (Å²) in [6.45, 7) is 6.18. The van der Waals surface area contributed by atoms with Crippen LogP contribution in [-0.2, 0) is 4.74 Å². The molecule has 2 atom stereocenters. The van der Waals surface area contributed by atoms with Gasteiger partial charge in [0.05, 0.1) is 6.10 Å². The number of aromatic nitrogens is 2. The summed E-state index contributed by atoms with van der Waals surface area (Å²) >= 11 is 0. The molecule has 6 heteroatoms. The second-order valence-corrected chi connectivity index (χ2v) is 4.67. The van der Waals surface area contributed by atoms with Crippen LogP contribution in [-0.4, -0.2) is 41.9 Å². The van der Waals surface area contributed by atoms with Crippen LogP contribution in [0.1, 0.15) is 30.8 Å². The van der Waals surface area contributed by atoms with Gasteiger partial charge in [0.1, 0.15) is 5.82 Å². The van der Waals surface area contributed by atoms with Crippen molar-refractivity contribution in [2.24, 2.45) is 5.92 Å². The van der Waals surface area contributed by atoms with Crippen LogP contribution in [0.25, 0.3) is 0 Å². The first-order valence-electron chi connectivity index (χ1n) is 6.68. The Morgan fingerprint density at radius 1 is 1.47 bits per heavy atom. The van der Waals surface area contributed by atoms with Gasteiger partial charge in [0.25, 0.3) is 5.91 Å². The SMILES string of the molecule is CCNC(=O)c1ccc(NCC2CCOC2C)nn1. The second-order valence-electron chi connectivity index (χ2n) is 4.67. The predicted molar refractivity (Wildman–Crippen MR) is 72.0 cm³/mol. The van der Waals surface area contributed by atoms with E-state index in [0.29, 0.717) is 24.0 Å². The molecule has 0 radical (unpaired) electrons. The van der Waals surface area contributed by atoms with Crippen LogP contribution in [0.4, 0.5) is 5.82 Å². The Hall–Kier alpha value is -1.69. The van der Waals surface area contributed by atoms with Crippen LogP contribution in [0.15, 0.2) is 12.1 Å². The van der Waals surface area contributed by atoms with Gasteiger partial charge in [-0.3, -0.25) is 4.79 Å². The fraction of sp³-hybridized carbons (Fsp3) is 0.615. The molecule has 19 heavy (non-hydrogen) atoms. The Bertz CT molecular complexity index is 421. The number of carbonyl (C=O) groups excluding carboxylic acids is 1. The quantitative estimate of drug-likeness (QED) is 0.831. The van der Waals surface area contributed by atoms with Gasteiger partial charge in [-0.05, 0) is 32.4 Å². The lowest BCUT2D eigenvalue weighted by Crippen LogP contribution is -2.24. The van der Waals surface area contributed by atoms with E-state index in [2.05, 4.69) is 27.8 Å². The molecule has 1 aromatic heterocycles. The maximum absolute atomic E-state index is 11.5. The van der Waals surface area contributed by atoms with Crippen LogP contribution in [0, 0.1) is 5.92 Å². The summed E-state index contributed by atoms with van der Waals surface area (Å²) in [5, 5.41) is 13.8. The Balaban J connectivity index is 1.86. The predicted octanol–water partition coefficient (Wildman–Crippen LogP) is 1.06. The zero-order chi connectivity index (χ0) is 13.7. The third kappa shape index (κ3) is 3.64. The van der Waals surface area contributed by atoms with Gasteiger partial charge in [0, 0.05) is 25.6 Å². The van der Waals surface area contributed by atoms with Gasteiger partial charge < -0.3 is 15.4 Å². The van der Waals surface area contributed by atoms with E-state index in [-0.39, 0.29) is 12.0 Å². The molecule has 1 aliphatic heterocycles. The smallest absolute Gasteiger partial charge is 0.271 e. The molecule has 104 valence electrons. The zero-order valence-corrected chi connectivity index (χ0v) is 11.3. The van der Waals surface area contributed by atoms with Crippen LogP contribution in [0.3, 0.4) is 0 Å². The average molecular weight is 264 g/mol. The Morgan fingerprint density at radius 2 is 2.32 bits per heavy atom. The molecule has 2 unspecified atom stereocenters. The highest BCUT2D eigenvalue weighted by atomic mass is 16.5. The minimum absolute atomic E-state index is 0.195. The van der Waals surface area contributed by atoms with Gasteiger partial charge in [-0.2, -0.15) is 0 Å². The summed E-state index contributed by atoms with van der Waals surface area (Å²) < 4.78 is 5.50. The number of hydrogen-bond acceptors (Lipinski definition) is 5. The summed E-state index contributed by atoms with van der Waals surface area (Å²) in [5.41, 5.74) is 0.338. The summed E-state index contributed by atoms with van der Waals surface area (Å²) in [6, 6.07) is 3.45. The van der Waals surface area contributed by atoms with Gasteiger partial charge in [-0.1, -0.05) is 0 Å². The molecule has 2 heterocycles. The molecule has 1 fully saturated rings. The van der Waals surface area contributed by atoms with Crippen molar-refractivity contribution in [3.63, 3.8) is 0 Å². The molecule has 1 saturated heterocycles. The van der Waals surface area contributed by atoms with Gasteiger partial charge >= 0.3 is 0 Å². The molecule has 1 aromatic rings. The lowest BCUT2D eigenvalue weighted by molar-refractivity contribution is 0.0950. The second kappa shape index (κ2) is 6.47. The summed E-state index contributed by atoms with van der Waals surface area (Å²) in [5.74, 6) is 0.997. The minimum atomic E-state index is -0.195. The number of rotatable bonds is 5. The number of nitrogens with one attached hydrogen (secondary N) is 2. The molecule has 1 aliphatic rings. The highest BCUT2D eigenvalue weighted by Gasteiger charge is 2.23. The Kier molecular flexibility index (Phi) is 4.68. The molecule has 0 aromatic carbocycles. The van der Waals surface area contributed by atoms with E-state index >= 15 is 0 Å². The molecular formula is C13H20N4O2. The fourth-order valence-electron chi connectivity index (χ4n) is 2.08. The number of anilines is 1. The molecule has 0 saturated carbocycles. The lowest BCUT2D eigenvalue weighted by Gasteiger charge is -2.14. The van der Waals surface area contributed by atoms with Gasteiger partial charge in [0.15, 0.2) is 5.69 Å². The van der Waals surface area contributed by atoms with Crippen molar-refractivity contribution in [3.05, 3.63) is 17.8 Å². The molecule has 6 nitrogen and oxygen atoms in total. The largest absolute Gasteiger partial charge is 0.378 e. The molecule has 0 spiro atoms. The first-order chi connectivity index (χ1) is 9.20. The summed E-state index contributed by atoms with van der Waals surface area (Å²) in [4.78, 5) is 11.5. The van der Waals surface area contributed by atoms with Crippen LogP contribution >= 0.6 is 0 Å². The van der Waals surface area contributed by atoms with Crippen molar-refractivity contribution >= 4 is 11.7 Å². The van der Waals surface area contributed by atoms with Gasteiger partial charge in [-0.15, -0.1) is 10.2 Å². The van der Waals surface area contributed by atoms with E-state index < -0.39 is 0 Å². The molecular weight excluding hydrogens is 244 g/mol. The third-order valence-corrected chi connectivity index (χ3v) is 3.31. The zero-order valence-electron chi connectivity index (χ0n) is 11.3. The highest BCUT2D eigenvalue weighted by molar-refractivity contribution is 5.92. The van der Waals surface area contributed by atoms with Crippen molar-refractivity contribution in [2.45, 2.75) is 26.4 Å². The maximum atomic E-state index is 11.5. The third-order valence-electron chi connectivity index (χ3n) is 3.31. The van der Waals surface area contributed by atoms with Gasteiger partial charge in [-0.25, -0.2) is 0 Å². The molecule has 0 bridgehead atoms. The van der Waals surface area contributed by atoms with Crippen molar-refractivity contribution in [1.82, 2.24) is 15.5 Å². The van der Waals surface area contributed by atoms with Crippen LogP contribution in [0.2, 0.25) is 0 Å². The van der Waals surface area contributed by atoms with E-state index in [1.165, 1.54) is 0 Å². The Morgan fingerprint density at radius 3 is 2.89 bits per heavy atom. The molecule has 2 N–H and O–H groups in total. The summed E-state index contributed by atoms with van der Waals surface area (Å²) in [6.07, 6.45) is 1.36. The highest BCUT2D eigenvalue weighted by Crippen LogP contribution is 2.20. The Labute approximate surface area is 112 Å². The maximum Gasteiger partial charge on any atom is 0.271 e. The van der Waals surface area contributed by atoms with Crippen molar-refractivity contribution in [2.75, 3.05) is 25.0 Å². The van der Waals surface area contributed by atoms with E-state index in [1.807, 2.05) is 6.92 Å². The number of carbonyl (C=O) groups is 1. The van der Waals surface area contributed by atoms with E-state index in [9.17, 15) is 4.79 Å². The van der Waals surface area contributed by atoms with E-state index in [1.54, 1.807) is 12.1 Å². The van der Waals surface area contributed by atoms with Crippen molar-refractivity contribution in [3.8, 4) is 0 Å². The first-order valence-corrected chi connectivity index (χ1v) is 6.68. The molecule has 2 rings (SSSR count). The topological polar surface area (TPSA) is 76.1 Å². The van der Waals surface area contributed by atoms with Crippen molar-refractivity contribution in [1.29, 1.82) is 0 Å². The molecule has 1 amide bonds. The fourth-order valence-corrected chi connectivity index (χ4v) is 2.08. The number of ether oxygens (including phenoxy) is 1. The van der Waals surface area contributed by atoms with Gasteiger partial charge in [0.2, 0.25) is 0 Å². The van der Waals surface area contributed by atoms with Crippen LogP contribution < -0.4 is 10.6 Å². The van der Waals surface area contributed by atoms with Crippen LogP contribution in [0.5, 0.6) is 0 Å². The van der Waals surface area contributed by atoms with E-state index in [0.717, 1.165) is 19.6 Å². The normalized spacial score (nSPS) is 22.2. The minimum Gasteiger partial charge on any atom is -0.378 e. The number of nitrogens with zero attached hydrogens (tertiary/aromatic N) is 2. The molecule has 0 aliphatic carbocycles. The number of amides is 1. The standard InChI is InChI=1S/C13H20N4O2/c1-3-14-13(18)11-4-5-12(17-16-11)15-8-10-6-7-19-9(10)2/h4-5,9-10H,3,6-8H2,1-2H3,(H,14,18)(H,15,17). The van der Waals surface area contributed by atoms with E-state index in [4.69, 9.17) is 4.74 Å². The monoisotopic (exact) mass is 264 g/mol. The average Bonchev–Trinajstić information content (AvgIpc) is 2.83. The lowest BCUT2D eigenvalue weighted by atomic mass is 10.0. The summed E-state index contributed by atoms with van der Waals surface area (Å²) in [7, 11) is 0. The number of hydrogen-bond donors (Lipinski definition) is 2.